The Balaban J connectivity index is 1.35. The van der Waals surface area contributed by atoms with Crippen LogP contribution in [0, 0.1) is 0 Å². The van der Waals surface area contributed by atoms with Crippen LogP contribution in [0.15, 0.2) is 46.9 Å². The van der Waals surface area contributed by atoms with Crippen molar-refractivity contribution >= 4 is 27.3 Å². The van der Waals surface area contributed by atoms with Gasteiger partial charge in [-0.05, 0) is 30.0 Å². The van der Waals surface area contributed by atoms with E-state index in [1.807, 2.05) is 11.4 Å². The molecule has 2 aliphatic heterocycles. The molecule has 2 unspecified atom stereocenters. The summed E-state index contributed by atoms with van der Waals surface area (Å²) in [5.74, 6) is 0.0139. The van der Waals surface area contributed by atoms with E-state index in [1.165, 1.54) is 15.4 Å². The highest BCUT2D eigenvalue weighted by atomic mass is 32.2. The molecule has 8 nitrogen and oxygen atoms in total. The average Bonchev–Trinajstić information content (AvgIpc) is 3.40. The third kappa shape index (κ3) is 3.76. The molecule has 144 valence electrons. The number of nitrogens with zero attached hydrogens (tertiary/aromatic N) is 3. The van der Waals surface area contributed by atoms with Crippen LogP contribution in [0.3, 0.4) is 0 Å². The van der Waals surface area contributed by atoms with Crippen molar-refractivity contribution in [3.8, 4) is 0 Å². The average molecular weight is 408 g/mol. The second-order valence-electron chi connectivity index (χ2n) is 6.56. The Hall–Kier alpha value is -1.85. The van der Waals surface area contributed by atoms with Crippen molar-refractivity contribution in [3.05, 3.63) is 46.9 Å². The molecule has 27 heavy (non-hydrogen) atoms. The second-order valence-corrected chi connectivity index (χ2v) is 9.48. The first-order valence-electron chi connectivity index (χ1n) is 8.79. The zero-order valence-electron chi connectivity index (χ0n) is 14.6. The summed E-state index contributed by atoms with van der Waals surface area (Å²) < 4.78 is 26.7. The summed E-state index contributed by atoms with van der Waals surface area (Å²) in [7, 11) is -3.56. The number of rotatable bonds is 4. The molecule has 0 spiro atoms. The molecule has 4 rings (SSSR count). The van der Waals surface area contributed by atoms with Gasteiger partial charge in [0.15, 0.2) is 0 Å². The highest BCUT2D eigenvalue weighted by molar-refractivity contribution is 7.89. The molecule has 2 fully saturated rings. The van der Waals surface area contributed by atoms with Crippen LogP contribution in [0.4, 0.5) is 0 Å². The lowest BCUT2D eigenvalue weighted by Crippen LogP contribution is -2.54. The number of aromatic nitrogens is 1. The van der Waals surface area contributed by atoms with E-state index in [0.29, 0.717) is 19.5 Å². The minimum Gasteiger partial charge on any atom is -0.339 e. The van der Waals surface area contributed by atoms with Crippen LogP contribution in [-0.2, 0) is 14.8 Å². The predicted molar refractivity (Wildman–Crippen MR) is 101 cm³/mol. The van der Waals surface area contributed by atoms with E-state index in [1.54, 1.807) is 34.6 Å². The van der Waals surface area contributed by atoms with Crippen molar-refractivity contribution < 1.29 is 13.2 Å². The first kappa shape index (κ1) is 18.5. The quantitative estimate of drug-likeness (QED) is 0.770. The molecule has 0 bridgehead atoms. The van der Waals surface area contributed by atoms with E-state index in [0.717, 1.165) is 0 Å². The maximum absolute atomic E-state index is 12.8. The number of thiophene rings is 1. The molecule has 0 aromatic carbocycles. The predicted octanol–water partition coefficient (Wildman–Crippen LogP) is 0.584. The summed E-state index contributed by atoms with van der Waals surface area (Å²) in [4.78, 5) is 19.8. The van der Waals surface area contributed by atoms with Gasteiger partial charge >= 0.3 is 0 Å². The minimum absolute atomic E-state index is 0.0139. The van der Waals surface area contributed by atoms with E-state index in [-0.39, 0.29) is 36.0 Å². The lowest BCUT2D eigenvalue weighted by molar-refractivity contribution is -0.134. The highest BCUT2D eigenvalue weighted by Gasteiger charge is 2.36. The van der Waals surface area contributed by atoms with E-state index in [9.17, 15) is 13.2 Å². The molecule has 2 aliphatic rings. The van der Waals surface area contributed by atoms with Gasteiger partial charge < -0.3 is 4.90 Å². The van der Waals surface area contributed by atoms with Crippen molar-refractivity contribution in [2.45, 2.75) is 23.4 Å². The Morgan fingerprint density at radius 2 is 1.96 bits per heavy atom. The molecule has 0 radical (unpaired) electrons. The molecule has 2 aromatic heterocycles. The summed E-state index contributed by atoms with van der Waals surface area (Å²) in [6, 6.07) is 7.04. The summed E-state index contributed by atoms with van der Waals surface area (Å²) in [5, 5.41) is 2.02. The topological polar surface area (TPSA) is 94.6 Å². The zero-order chi connectivity index (χ0) is 18.9. The molecule has 0 aliphatic carbocycles. The normalized spacial score (nSPS) is 24.2. The molecule has 2 N–H and O–H groups in total. The molecule has 1 amide bonds. The van der Waals surface area contributed by atoms with Crippen LogP contribution in [0.1, 0.15) is 17.3 Å². The number of amides is 1. The molecule has 2 aromatic rings. The fourth-order valence-corrected chi connectivity index (χ4v) is 5.59. The number of nitrogens with one attached hydrogen (secondary N) is 2. The summed E-state index contributed by atoms with van der Waals surface area (Å²) in [6.07, 6.45) is 3.58. The number of hydrogen-bond donors (Lipinski definition) is 2. The number of piperazine rings is 1. The molecular formula is C17H21N5O3S2. The molecule has 2 saturated heterocycles. The van der Waals surface area contributed by atoms with Crippen LogP contribution in [0.2, 0.25) is 0 Å². The SMILES string of the molecule is O=C(C1CC(c2cccs2)NN1)N1CCN(S(=O)(=O)c2cccnc2)CC1. The van der Waals surface area contributed by atoms with Crippen molar-refractivity contribution in [1.29, 1.82) is 0 Å². The Labute approximate surface area is 162 Å². The monoisotopic (exact) mass is 407 g/mol. The van der Waals surface area contributed by atoms with Gasteiger partial charge in [-0.25, -0.2) is 19.3 Å². The summed E-state index contributed by atoms with van der Waals surface area (Å²) >= 11 is 1.66. The van der Waals surface area contributed by atoms with Crippen molar-refractivity contribution in [2.24, 2.45) is 0 Å². The van der Waals surface area contributed by atoms with Crippen LogP contribution in [-0.4, -0.2) is 60.7 Å². The van der Waals surface area contributed by atoms with E-state index in [4.69, 9.17) is 0 Å². The second kappa shape index (κ2) is 7.64. The van der Waals surface area contributed by atoms with E-state index in [2.05, 4.69) is 21.9 Å². The Morgan fingerprint density at radius 1 is 1.15 bits per heavy atom. The fraction of sp³-hybridized carbons (Fsp3) is 0.412. The van der Waals surface area contributed by atoms with Crippen LogP contribution < -0.4 is 10.9 Å². The van der Waals surface area contributed by atoms with Gasteiger partial charge in [-0.3, -0.25) is 9.78 Å². The van der Waals surface area contributed by atoms with Gasteiger partial charge in [0.05, 0.1) is 6.04 Å². The number of pyridine rings is 1. The van der Waals surface area contributed by atoms with Crippen molar-refractivity contribution in [2.75, 3.05) is 26.2 Å². The largest absolute Gasteiger partial charge is 0.339 e. The molecule has 0 saturated carbocycles. The number of sulfonamides is 1. The molecule has 2 atom stereocenters. The van der Waals surface area contributed by atoms with Gasteiger partial charge in [-0.15, -0.1) is 11.3 Å². The van der Waals surface area contributed by atoms with Crippen molar-refractivity contribution in [3.63, 3.8) is 0 Å². The number of hydrogen-bond acceptors (Lipinski definition) is 7. The molecular weight excluding hydrogens is 386 g/mol. The third-order valence-electron chi connectivity index (χ3n) is 4.91. The van der Waals surface area contributed by atoms with Crippen LogP contribution in [0.25, 0.3) is 0 Å². The van der Waals surface area contributed by atoms with Gasteiger partial charge in [0.2, 0.25) is 15.9 Å². The van der Waals surface area contributed by atoms with Crippen LogP contribution >= 0.6 is 11.3 Å². The number of carbonyl (C=O) groups is 1. The molecule has 10 heteroatoms. The lowest BCUT2D eigenvalue weighted by atomic mass is 10.1. The third-order valence-corrected chi connectivity index (χ3v) is 7.78. The first-order chi connectivity index (χ1) is 13.1. The lowest BCUT2D eigenvalue weighted by Gasteiger charge is -2.35. The van der Waals surface area contributed by atoms with Crippen LogP contribution in [0.5, 0.6) is 0 Å². The Kier molecular flexibility index (Phi) is 5.24. The van der Waals surface area contributed by atoms with E-state index >= 15 is 0 Å². The summed E-state index contributed by atoms with van der Waals surface area (Å²) in [5.41, 5.74) is 6.27. The Morgan fingerprint density at radius 3 is 2.63 bits per heavy atom. The van der Waals surface area contributed by atoms with Gasteiger partial charge in [0.1, 0.15) is 10.9 Å². The van der Waals surface area contributed by atoms with Gasteiger partial charge in [0, 0.05) is 43.4 Å². The first-order valence-corrected chi connectivity index (χ1v) is 11.1. The number of carbonyl (C=O) groups excluding carboxylic acids is 1. The standard InChI is InChI=1S/C17H21N5O3S2/c23-17(15-11-14(19-20-15)16-4-2-10-26-16)21-6-8-22(9-7-21)27(24,25)13-3-1-5-18-12-13/h1-5,10,12,14-15,19-20H,6-9,11H2. The minimum atomic E-state index is -3.56. The zero-order valence-corrected chi connectivity index (χ0v) is 16.2. The van der Waals surface area contributed by atoms with Crippen molar-refractivity contribution in [1.82, 2.24) is 25.0 Å². The van der Waals surface area contributed by atoms with E-state index < -0.39 is 10.0 Å². The molecule has 4 heterocycles. The fourth-order valence-electron chi connectivity index (χ4n) is 3.41. The smallest absolute Gasteiger partial charge is 0.244 e. The van der Waals surface area contributed by atoms with Gasteiger partial charge in [-0.1, -0.05) is 6.07 Å². The maximum Gasteiger partial charge on any atom is 0.244 e. The maximum atomic E-state index is 12.8. The van der Waals surface area contributed by atoms with Gasteiger partial charge in [-0.2, -0.15) is 4.31 Å². The Bertz CT molecular complexity index is 881. The highest BCUT2D eigenvalue weighted by Crippen LogP contribution is 2.27. The number of hydrazine groups is 1. The summed E-state index contributed by atoms with van der Waals surface area (Å²) in [6.45, 7) is 1.36. The van der Waals surface area contributed by atoms with Gasteiger partial charge in [0.25, 0.3) is 0 Å².